The maximum atomic E-state index is 12.7. The highest BCUT2D eigenvalue weighted by atomic mass is 16.6. The van der Waals surface area contributed by atoms with Crippen LogP contribution in [0.4, 0.5) is 16.2 Å². The van der Waals surface area contributed by atoms with E-state index in [0.717, 1.165) is 72.6 Å². The molecule has 1 saturated heterocycles. The third-order valence-corrected chi connectivity index (χ3v) is 7.79. The maximum absolute atomic E-state index is 12.7. The number of aromatic hydroxyl groups is 1. The third-order valence-electron chi connectivity index (χ3n) is 7.79. The summed E-state index contributed by atoms with van der Waals surface area (Å²) in [4.78, 5) is 29.7. The minimum Gasteiger partial charge on any atom is -0.508 e. The van der Waals surface area contributed by atoms with E-state index in [-0.39, 0.29) is 17.8 Å². The molecule has 2 amide bonds. The molecule has 0 saturated carbocycles. The number of phenolic OH excluding ortho intramolecular Hbond substituents is 1. The summed E-state index contributed by atoms with van der Waals surface area (Å²) in [7, 11) is 2.05. The number of carbonyl (C=O) groups is 2. The fraction of sp³-hybridized carbons (Fsp3) is 0.278. The first-order valence-corrected chi connectivity index (χ1v) is 15.1. The summed E-state index contributed by atoms with van der Waals surface area (Å²) < 4.78 is 5.74. The van der Waals surface area contributed by atoms with Crippen LogP contribution in [0.1, 0.15) is 30.4 Å². The van der Waals surface area contributed by atoms with Crippen LogP contribution < -0.4 is 10.6 Å². The van der Waals surface area contributed by atoms with Crippen LogP contribution in [0.15, 0.2) is 103 Å². The molecule has 1 heterocycles. The molecule has 0 atom stereocenters. The van der Waals surface area contributed by atoms with Gasteiger partial charge >= 0.3 is 6.09 Å². The smallest absolute Gasteiger partial charge is 0.411 e. The van der Waals surface area contributed by atoms with E-state index < -0.39 is 6.09 Å². The van der Waals surface area contributed by atoms with Gasteiger partial charge in [-0.2, -0.15) is 0 Å². The average molecular weight is 593 g/mol. The van der Waals surface area contributed by atoms with Gasteiger partial charge in [-0.15, -0.1) is 0 Å². The highest BCUT2D eigenvalue weighted by Gasteiger charge is 2.23. The summed E-state index contributed by atoms with van der Waals surface area (Å²) in [5.41, 5.74) is 5.78. The zero-order valence-electron chi connectivity index (χ0n) is 25.1. The Labute approximate surface area is 259 Å². The van der Waals surface area contributed by atoms with Crippen LogP contribution in [0.5, 0.6) is 5.75 Å². The molecule has 3 N–H and O–H groups in total. The second-order valence-electron chi connectivity index (χ2n) is 11.3. The topological polar surface area (TPSA) is 94.1 Å². The van der Waals surface area contributed by atoms with Gasteiger partial charge in [-0.05, 0) is 66.9 Å². The molecule has 4 aromatic carbocycles. The number of rotatable bonds is 11. The molecular formula is C36H40N4O4. The molecule has 4 aromatic rings. The number of likely N-dealkylation sites (tertiary alicyclic amines) is 1. The third kappa shape index (κ3) is 9.17. The number of hydrogen-bond acceptors (Lipinski definition) is 6. The van der Waals surface area contributed by atoms with Crippen molar-refractivity contribution in [3.8, 4) is 16.9 Å². The predicted molar refractivity (Wildman–Crippen MR) is 174 cm³/mol. The Bertz CT molecular complexity index is 1500. The molecule has 8 heteroatoms. The van der Waals surface area contributed by atoms with Gasteiger partial charge in [-0.1, -0.05) is 72.8 Å². The summed E-state index contributed by atoms with van der Waals surface area (Å²) in [5, 5.41) is 15.4. The highest BCUT2D eigenvalue weighted by Crippen LogP contribution is 2.28. The summed E-state index contributed by atoms with van der Waals surface area (Å²) in [6.07, 6.45) is 1.28. The number of amides is 2. The van der Waals surface area contributed by atoms with Crippen LogP contribution in [0.2, 0.25) is 0 Å². The van der Waals surface area contributed by atoms with Crippen LogP contribution in [0.25, 0.3) is 11.1 Å². The van der Waals surface area contributed by atoms with E-state index >= 15 is 0 Å². The van der Waals surface area contributed by atoms with E-state index in [4.69, 9.17) is 4.74 Å². The van der Waals surface area contributed by atoms with Gasteiger partial charge in [0.25, 0.3) is 0 Å². The monoisotopic (exact) mass is 592 g/mol. The number of nitrogens with one attached hydrogen (secondary N) is 2. The van der Waals surface area contributed by atoms with Crippen LogP contribution in [0.3, 0.4) is 0 Å². The number of benzene rings is 4. The molecule has 0 radical (unpaired) electrons. The molecule has 0 aromatic heterocycles. The molecular weight excluding hydrogens is 552 g/mol. The number of piperidine rings is 1. The normalized spacial score (nSPS) is 13.9. The molecule has 5 rings (SSSR count). The van der Waals surface area contributed by atoms with Crippen molar-refractivity contribution in [2.75, 3.05) is 37.3 Å². The molecule has 8 nitrogen and oxygen atoms in total. The summed E-state index contributed by atoms with van der Waals surface area (Å²) in [6, 6.07) is 32.8. The molecule has 1 aliphatic rings. The predicted octanol–water partition coefficient (Wildman–Crippen LogP) is 6.73. The number of carbonyl (C=O) groups excluding carboxylic acids is 2. The molecule has 0 spiro atoms. The number of ether oxygens (including phenoxy) is 1. The van der Waals surface area contributed by atoms with Crippen molar-refractivity contribution >= 4 is 23.4 Å². The van der Waals surface area contributed by atoms with E-state index in [9.17, 15) is 14.7 Å². The van der Waals surface area contributed by atoms with E-state index in [1.807, 2.05) is 91.0 Å². The largest absolute Gasteiger partial charge is 0.508 e. The SMILES string of the molecule is CN(Cc1ccc(O)cc1)Cc1ccc(NC(=O)CCN2CCC(OC(=O)Nc3ccccc3-c3ccccc3)CC2)cc1. The highest BCUT2D eigenvalue weighted by molar-refractivity contribution is 5.92. The van der Waals surface area contributed by atoms with Gasteiger partial charge in [0.2, 0.25) is 5.91 Å². The summed E-state index contributed by atoms with van der Waals surface area (Å²) in [5.74, 6) is 0.254. The van der Waals surface area contributed by atoms with Crippen molar-refractivity contribution in [3.05, 3.63) is 114 Å². The Morgan fingerprint density at radius 2 is 1.43 bits per heavy atom. The lowest BCUT2D eigenvalue weighted by atomic mass is 10.0. The number of para-hydroxylation sites is 1. The first-order valence-electron chi connectivity index (χ1n) is 15.1. The minimum absolute atomic E-state index is 0.0166. The fourth-order valence-corrected chi connectivity index (χ4v) is 5.46. The van der Waals surface area contributed by atoms with Crippen molar-refractivity contribution in [3.63, 3.8) is 0 Å². The lowest BCUT2D eigenvalue weighted by molar-refractivity contribution is -0.116. The van der Waals surface area contributed by atoms with E-state index in [2.05, 4.69) is 27.5 Å². The first-order chi connectivity index (χ1) is 21.4. The standard InChI is InChI=1S/C36H40N4O4/c1-39(26-28-13-17-31(41)18-14-28)25-27-11-15-30(16-12-27)37-35(42)21-24-40-22-19-32(20-23-40)44-36(43)38-34-10-6-5-9-33(34)29-7-3-2-4-8-29/h2-18,32,41H,19-26H2,1H3,(H,37,42)(H,38,43). The van der Waals surface area contributed by atoms with E-state index in [1.165, 1.54) is 0 Å². The zero-order chi connectivity index (χ0) is 30.7. The van der Waals surface area contributed by atoms with Crippen molar-refractivity contribution < 1.29 is 19.4 Å². The maximum Gasteiger partial charge on any atom is 0.411 e. The van der Waals surface area contributed by atoms with Crippen molar-refractivity contribution in [2.24, 2.45) is 0 Å². The van der Waals surface area contributed by atoms with Crippen LogP contribution in [-0.4, -0.2) is 59.7 Å². The Hall–Kier alpha value is -4.66. The second kappa shape index (κ2) is 15.2. The van der Waals surface area contributed by atoms with Crippen LogP contribution in [-0.2, 0) is 22.6 Å². The molecule has 0 bridgehead atoms. The molecule has 228 valence electrons. The van der Waals surface area contributed by atoms with Crippen molar-refractivity contribution in [1.29, 1.82) is 0 Å². The van der Waals surface area contributed by atoms with Crippen molar-refractivity contribution in [1.82, 2.24) is 9.80 Å². The number of nitrogens with zero attached hydrogens (tertiary/aromatic N) is 2. The number of anilines is 2. The molecule has 1 fully saturated rings. The Morgan fingerprint density at radius 1 is 0.818 bits per heavy atom. The fourth-order valence-electron chi connectivity index (χ4n) is 5.46. The van der Waals surface area contributed by atoms with Gasteiger partial charge in [0.05, 0.1) is 5.69 Å². The van der Waals surface area contributed by atoms with Gasteiger partial charge in [0.1, 0.15) is 11.9 Å². The van der Waals surface area contributed by atoms with E-state index in [1.54, 1.807) is 12.1 Å². The quantitative estimate of drug-likeness (QED) is 0.179. The molecule has 44 heavy (non-hydrogen) atoms. The van der Waals surface area contributed by atoms with Gasteiger partial charge < -0.3 is 20.1 Å². The number of phenols is 1. The number of hydrogen-bond donors (Lipinski definition) is 3. The Morgan fingerprint density at radius 3 is 2.11 bits per heavy atom. The molecule has 0 unspecified atom stereocenters. The molecule has 0 aliphatic carbocycles. The van der Waals surface area contributed by atoms with Gasteiger partial charge in [-0.25, -0.2) is 4.79 Å². The lowest BCUT2D eigenvalue weighted by Crippen LogP contribution is -2.39. The van der Waals surface area contributed by atoms with E-state index in [0.29, 0.717) is 13.0 Å². The summed E-state index contributed by atoms with van der Waals surface area (Å²) >= 11 is 0. The van der Waals surface area contributed by atoms with Gasteiger partial charge in [-0.3, -0.25) is 15.0 Å². The van der Waals surface area contributed by atoms with Crippen molar-refractivity contribution in [2.45, 2.75) is 38.5 Å². The first kappa shape index (κ1) is 30.8. The summed E-state index contributed by atoms with van der Waals surface area (Å²) in [6.45, 7) is 3.77. The molecule has 1 aliphatic heterocycles. The second-order valence-corrected chi connectivity index (χ2v) is 11.3. The van der Waals surface area contributed by atoms with Crippen LogP contribution in [0, 0.1) is 0 Å². The zero-order valence-corrected chi connectivity index (χ0v) is 25.1. The van der Waals surface area contributed by atoms with Crippen LogP contribution >= 0.6 is 0 Å². The Balaban J connectivity index is 0.993. The Kier molecular flexibility index (Phi) is 10.6. The van der Waals surface area contributed by atoms with Gasteiger partial charge in [0, 0.05) is 50.4 Å². The van der Waals surface area contributed by atoms with Gasteiger partial charge in [0.15, 0.2) is 0 Å². The minimum atomic E-state index is -0.443. The lowest BCUT2D eigenvalue weighted by Gasteiger charge is -2.31. The average Bonchev–Trinajstić information content (AvgIpc) is 3.03.